The molecule has 0 spiro atoms. The summed E-state index contributed by atoms with van der Waals surface area (Å²) in [6.45, 7) is 14.5. The monoisotopic (exact) mass is 444 g/mol. The van der Waals surface area contributed by atoms with E-state index in [0.29, 0.717) is 11.3 Å². The van der Waals surface area contributed by atoms with Gasteiger partial charge >= 0.3 is 0 Å². The van der Waals surface area contributed by atoms with Gasteiger partial charge in [0.1, 0.15) is 0 Å². The molecule has 3 nitrogen and oxygen atoms in total. The van der Waals surface area contributed by atoms with Crippen LogP contribution in [0.5, 0.6) is 0 Å². The quantitative estimate of drug-likeness (QED) is 0.207. The summed E-state index contributed by atoms with van der Waals surface area (Å²) in [5, 5.41) is -0.553. The summed E-state index contributed by atoms with van der Waals surface area (Å²) in [4.78, 5) is 0.399. The summed E-state index contributed by atoms with van der Waals surface area (Å²) in [5.41, 5.74) is 4.58. The average Bonchev–Trinajstić information content (AvgIpc) is 3.30. The minimum absolute atomic E-state index is 0.0295. The number of unbranched alkanes of at least 4 members (excludes halogenated alkanes) is 1. The average molecular weight is 445 g/mol. The van der Waals surface area contributed by atoms with E-state index in [4.69, 9.17) is 4.74 Å². The SMILES string of the molecule is CC(C)=CCC/C=C(\C)CC(/C=C(\C)CCC1OC1(C)C)S(=O)(=O)c1ccc(C)cc1. The second-order valence-electron chi connectivity index (χ2n) is 9.77. The van der Waals surface area contributed by atoms with Gasteiger partial charge in [0.15, 0.2) is 9.84 Å². The molecule has 2 rings (SSSR count). The predicted octanol–water partition coefficient (Wildman–Crippen LogP) is 7.12. The number of epoxide rings is 1. The van der Waals surface area contributed by atoms with Crippen molar-refractivity contribution in [2.45, 2.75) is 102 Å². The number of hydrogen-bond acceptors (Lipinski definition) is 3. The number of sulfone groups is 1. The summed E-state index contributed by atoms with van der Waals surface area (Å²) in [6, 6.07) is 7.20. The van der Waals surface area contributed by atoms with Gasteiger partial charge in [0.05, 0.1) is 21.9 Å². The molecule has 1 aromatic rings. The molecule has 31 heavy (non-hydrogen) atoms. The van der Waals surface area contributed by atoms with E-state index in [-0.39, 0.29) is 11.7 Å². The van der Waals surface area contributed by atoms with Gasteiger partial charge in [-0.2, -0.15) is 0 Å². The van der Waals surface area contributed by atoms with Crippen LogP contribution in [-0.2, 0) is 14.6 Å². The highest BCUT2D eigenvalue weighted by molar-refractivity contribution is 7.92. The molecule has 1 fully saturated rings. The lowest BCUT2D eigenvalue weighted by atomic mass is 10.0. The number of allylic oxidation sites excluding steroid dienone is 5. The Balaban J connectivity index is 2.19. The Kier molecular flexibility index (Phi) is 8.91. The molecular formula is C27H40O3S. The van der Waals surface area contributed by atoms with Crippen LogP contribution in [0.15, 0.2) is 64.1 Å². The summed E-state index contributed by atoms with van der Waals surface area (Å²) in [6.07, 6.45) is 10.9. The molecule has 2 atom stereocenters. The first kappa shape index (κ1) is 25.6. The van der Waals surface area contributed by atoms with E-state index < -0.39 is 15.1 Å². The van der Waals surface area contributed by atoms with Crippen LogP contribution in [0.1, 0.15) is 79.2 Å². The Hall–Kier alpha value is -1.65. The van der Waals surface area contributed by atoms with Crippen LogP contribution in [0.25, 0.3) is 0 Å². The van der Waals surface area contributed by atoms with Crippen molar-refractivity contribution >= 4 is 9.84 Å². The van der Waals surface area contributed by atoms with E-state index in [1.54, 1.807) is 12.1 Å². The lowest BCUT2D eigenvalue weighted by molar-refractivity contribution is 0.320. The van der Waals surface area contributed by atoms with Gasteiger partial charge in [-0.1, -0.05) is 52.6 Å². The summed E-state index contributed by atoms with van der Waals surface area (Å²) >= 11 is 0. The van der Waals surface area contributed by atoms with E-state index in [1.165, 1.54) is 5.57 Å². The molecule has 0 aliphatic carbocycles. The van der Waals surface area contributed by atoms with Gasteiger partial charge < -0.3 is 4.74 Å². The molecule has 1 aliphatic rings. The molecule has 0 radical (unpaired) electrons. The van der Waals surface area contributed by atoms with Crippen LogP contribution in [0.2, 0.25) is 0 Å². The van der Waals surface area contributed by atoms with Crippen LogP contribution >= 0.6 is 0 Å². The van der Waals surface area contributed by atoms with Crippen LogP contribution in [0.3, 0.4) is 0 Å². The molecule has 1 saturated heterocycles. The van der Waals surface area contributed by atoms with E-state index in [2.05, 4.69) is 39.8 Å². The number of hydrogen-bond donors (Lipinski definition) is 0. The lowest BCUT2D eigenvalue weighted by Gasteiger charge is -2.17. The van der Waals surface area contributed by atoms with Crippen LogP contribution in [0, 0.1) is 6.92 Å². The van der Waals surface area contributed by atoms with Gasteiger partial charge in [-0.15, -0.1) is 0 Å². The number of aryl methyl sites for hydroxylation is 1. The van der Waals surface area contributed by atoms with Crippen molar-refractivity contribution in [2.75, 3.05) is 0 Å². The van der Waals surface area contributed by atoms with E-state index in [0.717, 1.165) is 42.4 Å². The van der Waals surface area contributed by atoms with Gasteiger partial charge in [0.2, 0.25) is 0 Å². The zero-order chi connectivity index (χ0) is 23.2. The third-order valence-corrected chi connectivity index (χ3v) is 7.95. The molecule has 0 bridgehead atoms. The zero-order valence-electron chi connectivity index (χ0n) is 20.4. The molecule has 0 saturated carbocycles. The standard InChI is InChI=1S/C27H40O3S/c1-20(2)10-8-9-11-22(4)18-25(19-23(5)14-17-26-27(6,7)30-26)31(28,29)24-15-12-21(3)13-16-24/h10-13,15-16,19,25-26H,8-9,14,17-18H2,1-7H3/b22-11+,23-19+. The van der Waals surface area contributed by atoms with Gasteiger partial charge in [-0.25, -0.2) is 8.42 Å². The molecule has 4 heteroatoms. The van der Waals surface area contributed by atoms with Crippen LogP contribution in [0.4, 0.5) is 0 Å². The topological polar surface area (TPSA) is 46.7 Å². The highest BCUT2D eigenvalue weighted by atomic mass is 32.2. The van der Waals surface area contributed by atoms with Crippen molar-refractivity contribution in [1.82, 2.24) is 0 Å². The predicted molar refractivity (Wildman–Crippen MR) is 131 cm³/mol. The van der Waals surface area contributed by atoms with Gasteiger partial charge in [0.25, 0.3) is 0 Å². The molecule has 172 valence electrons. The molecule has 0 amide bonds. The van der Waals surface area contributed by atoms with Gasteiger partial charge in [0, 0.05) is 0 Å². The summed E-state index contributed by atoms with van der Waals surface area (Å²) < 4.78 is 32.6. The minimum Gasteiger partial charge on any atom is -0.367 e. The normalized spacial score (nSPS) is 19.8. The largest absolute Gasteiger partial charge is 0.367 e. The Labute approximate surface area is 190 Å². The fourth-order valence-corrected chi connectivity index (χ4v) is 5.52. The van der Waals surface area contributed by atoms with Gasteiger partial charge in [-0.05, 0) is 92.7 Å². The van der Waals surface area contributed by atoms with E-state index in [1.807, 2.05) is 39.0 Å². The molecule has 0 aromatic heterocycles. The van der Waals surface area contributed by atoms with Crippen LogP contribution in [-0.4, -0.2) is 25.4 Å². The van der Waals surface area contributed by atoms with Crippen molar-refractivity contribution in [3.63, 3.8) is 0 Å². The first-order valence-corrected chi connectivity index (χ1v) is 12.9. The van der Waals surface area contributed by atoms with Crippen LogP contribution < -0.4 is 0 Å². The molecule has 1 heterocycles. The Morgan fingerprint density at radius 2 is 1.61 bits per heavy atom. The Bertz CT molecular complexity index is 927. The molecule has 2 unspecified atom stereocenters. The molecule has 0 N–H and O–H groups in total. The fourth-order valence-electron chi connectivity index (χ4n) is 3.76. The maximum absolute atomic E-state index is 13.5. The zero-order valence-corrected chi connectivity index (χ0v) is 21.2. The third-order valence-electron chi connectivity index (χ3n) is 5.92. The second kappa shape index (κ2) is 10.8. The van der Waals surface area contributed by atoms with Gasteiger partial charge in [-0.3, -0.25) is 0 Å². The van der Waals surface area contributed by atoms with E-state index in [9.17, 15) is 8.42 Å². The van der Waals surface area contributed by atoms with Crippen molar-refractivity contribution in [3.8, 4) is 0 Å². The molecule has 1 aromatic carbocycles. The number of benzene rings is 1. The Morgan fingerprint density at radius 3 is 2.16 bits per heavy atom. The number of rotatable bonds is 11. The van der Waals surface area contributed by atoms with Crippen molar-refractivity contribution in [1.29, 1.82) is 0 Å². The summed E-state index contributed by atoms with van der Waals surface area (Å²) in [7, 11) is -3.46. The number of ether oxygens (including phenoxy) is 1. The molecular weight excluding hydrogens is 404 g/mol. The van der Waals surface area contributed by atoms with Crippen molar-refractivity contribution < 1.29 is 13.2 Å². The summed E-state index contributed by atoms with van der Waals surface area (Å²) in [5.74, 6) is 0. The Morgan fingerprint density at radius 1 is 1.03 bits per heavy atom. The van der Waals surface area contributed by atoms with Crippen molar-refractivity contribution in [3.05, 3.63) is 64.8 Å². The smallest absolute Gasteiger partial charge is 0.185 e. The highest BCUT2D eigenvalue weighted by Crippen LogP contribution is 2.39. The third kappa shape index (κ3) is 8.08. The lowest BCUT2D eigenvalue weighted by Crippen LogP contribution is -2.20. The highest BCUT2D eigenvalue weighted by Gasteiger charge is 2.46. The molecule has 1 aliphatic heterocycles. The maximum atomic E-state index is 13.5. The second-order valence-corrected chi connectivity index (χ2v) is 11.9. The fraction of sp³-hybridized carbons (Fsp3) is 0.556. The first-order chi connectivity index (χ1) is 14.4. The minimum atomic E-state index is -3.46. The first-order valence-electron chi connectivity index (χ1n) is 11.4. The maximum Gasteiger partial charge on any atom is 0.185 e. The van der Waals surface area contributed by atoms with E-state index >= 15 is 0 Å². The van der Waals surface area contributed by atoms with Crippen molar-refractivity contribution in [2.24, 2.45) is 0 Å².